The van der Waals surface area contributed by atoms with Gasteiger partial charge in [-0.3, -0.25) is 4.90 Å². The van der Waals surface area contributed by atoms with Gasteiger partial charge >= 0.3 is 0 Å². The molecule has 0 aliphatic carbocycles. The first-order chi connectivity index (χ1) is 13.4. The second-order valence-corrected chi connectivity index (χ2v) is 6.94. The molecule has 4 rings (SSSR count). The van der Waals surface area contributed by atoms with E-state index >= 15 is 0 Å². The predicted molar refractivity (Wildman–Crippen MR) is 105 cm³/mol. The first-order valence-electron chi connectivity index (χ1n) is 8.87. The number of hydrogen-bond donors (Lipinski definition) is 3. The molecular weight excluding hydrogens is 356 g/mol. The Morgan fingerprint density at radius 1 is 1.29 bits per heavy atom. The van der Waals surface area contributed by atoms with E-state index < -0.39 is 11.8 Å². The molecule has 4 N–H and O–H groups in total. The highest BCUT2D eigenvalue weighted by atomic mass is 16.4. The maximum Gasteiger partial charge on any atom is 0.166 e. The number of nitrogens with two attached hydrogens (primary N) is 1. The van der Waals surface area contributed by atoms with E-state index in [0.717, 1.165) is 5.56 Å². The maximum absolute atomic E-state index is 10.5. The number of aliphatic hydroxyl groups is 2. The highest BCUT2D eigenvalue weighted by Crippen LogP contribution is 2.25. The van der Waals surface area contributed by atoms with Gasteiger partial charge in [-0.1, -0.05) is 24.0 Å². The molecule has 2 aromatic heterocycles. The zero-order chi connectivity index (χ0) is 19.9. The van der Waals surface area contributed by atoms with E-state index in [9.17, 15) is 10.2 Å². The second-order valence-electron chi connectivity index (χ2n) is 6.94. The van der Waals surface area contributed by atoms with E-state index in [2.05, 4.69) is 31.8 Å². The summed E-state index contributed by atoms with van der Waals surface area (Å²) in [6.07, 6.45) is 1.01. The van der Waals surface area contributed by atoms with Crippen molar-refractivity contribution in [2.24, 2.45) is 0 Å². The summed E-state index contributed by atoms with van der Waals surface area (Å²) < 4.78 is 0. The molecule has 1 saturated heterocycles. The number of likely N-dealkylation sites (N-methyl/N-ethyl adjacent to an activating group) is 1. The van der Waals surface area contributed by atoms with E-state index in [1.165, 1.54) is 0 Å². The molecule has 3 aromatic rings. The third-order valence-electron chi connectivity index (χ3n) is 4.81. The predicted octanol–water partition coefficient (Wildman–Crippen LogP) is 0.714. The molecule has 0 radical (unpaired) electrons. The third-order valence-corrected chi connectivity index (χ3v) is 4.81. The van der Waals surface area contributed by atoms with Crippen LogP contribution in [0.5, 0.6) is 0 Å². The molecule has 0 saturated carbocycles. The fourth-order valence-corrected chi connectivity index (χ4v) is 3.22. The van der Waals surface area contributed by atoms with Crippen LogP contribution in [0.25, 0.3) is 22.4 Å². The number of rotatable bonds is 1. The zero-order valence-corrected chi connectivity index (χ0v) is 15.6. The summed E-state index contributed by atoms with van der Waals surface area (Å²) in [7, 11) is 1.75. The van der Waals surface area contributed by atoms with E-state index in [-0.39, 0.29) is 0 Å². The first-order valence-corrected chi connectivity index (χ1v) is 8.87. The van der Waals surface area contributed by atoms with Crippen LogP contribution < -0.4 is 5.73 Å². The van der Waals surface area contributed by atoms with Crippen molar-refractivity contribution in [1.82, 2.24) is 24.8 Å². The number of anilines is 1. The van der Waals surface area contributed by atoms with Crippen molar-refractivity contribution < 1.29 is 10.2 Å². The van der Waals surface area contributed by atoms with Crippen LogP contribution in [0.2, 0.25) is 0 Å². The second kappa shape index (κ2) is 6.80. The van der Waals surface area contributed by atoms with Crippen LogP contribution in [0.4, 0.5) is 5.82 Å². The Labute approximate surface area is 162 Å². The Morgan fingerprint density at radius 3 is 2.86 bits per heavy atom. The van der Waals surface area contributed by atoms with Crippen molar-refractivity contribution in [2.45, 2.75) is 25.2 Å². The molecular formula is C20H20N6O2. The van der Waals surface area contributed by atoms with Gasteiger partial charge in [0, 0.05) is 24.1 Å². The summed E-state index contributed by atoms with van der Waals surface area (Å²) >= 11 is 0. The monoisotopic (exact) mass is 376 g/mol. The Morgan fingerprint density at radius 2 is 2.11 bits per heavy atom. The summed E-state index contributed by atoms with van der Waals surface area (Å²) in [4.78, 5) is 19.0. The number of hydrogen-bond acceptors (Lipinski definition) is 8. The summed E-state index contributed by atoms with van der Waals surface area (Å²) in [5.74, 6) is 7.12. The molecule has 2 atom stereocenters. The standard InChI is InChI=1S/C20H20N6O2/c1-12-23-15-11-22-18(25-16(15)17(21)24-12)14-5-3-4-13(10-14)6-7-20(28)8-9-26(2)19(20)27/h3-5,10-11,19,27-28H,8-9H2,1-2H3,(H2,21,23,24)/t19?,20-/m0/s1. The minimum Gasteiger partial charge on any atom is -0.382 e. The van der Waals surface area contributed by atoms with Crippen LogP contribution in [0.15, 0.2) is 30.5 Å². The Bertz CT molecular complexity index is 1120. The van der Waals surface area contributed by atoms with Crippen LogP contribution in [-0.4, -0.2) is 60.5 Å². The SMILES string of the molecule is Cc1nc(N)c2nc(-c3cccc(C#C[C@]4(O)CCN(C)C4O)c3)ncc2n1. The largest absolute Gasteiger partial charge is 0.382 e. The number of aromatic nitrogens is 4. The molecule has 3 heterocycles. The molecule has 1 fully saturated rings. The maximum atomic E-state index is 10.5. The summed E-state index contributed by atoms with van der Waals surface area (Å²) in [5, 5.41) is 20.6. The van der Waals surface area contributed by atoms with Gasteiger partial charge < -0.3 is 15.9 Å². The van der Waals surface area contributed by atoms with Crippen LogP contribution >= 0.6 is 0 Å². The van der Waals surface area contributed by atoms with Crippen molar-refractivity contribution in [3.05, 3.63) is 41.9 Å². The molecule has 28 heavy (non-hydrogen) atoms. The molecule has 1 aromatic carbocycles. The van der Waals surface area contributed by atoms with Crippen molar-refractivity contribution in [2.75, 3.05) is 19.3 Å². The molecule has 1 aliphatic rings. The average molecular weight is 376 g/mol. The lowest BCUT2D eigenvalue weighted by molar-refractivity contribution is -0.0633. The fourth-order valence-electron chi connectivity index (χ4n) is 3.22. The molecule has 8 heteroatoms. The Hall–Kier alpha value is -3.12. The number of benzene rings is 1. The van der Waals surface area contributed by atoms with Gasteiger partial charge in [-0.2, -0.15) is 0 Å². The number of fused-ring (bicyclic) bond motifs is 1. The van der Waals surface area contributed by atoms with Crippen molar-refractivity contribution in [3.63, 3.8) is 0 Å². The minimum atomic E-state index is -1.44. The lowest BCUT2D eigenvalue weighted by atomic mass is 10.0. The van der Waals surface area contributed by atoms with Gasteiger partial charge in [0.25, 0.3) is 0 Å². The smallest absolute Gasteiger partial charge is 0.166 e. The number of nitrogens with zero attached hydrogens (tertiary/aromatic N) is 5. The Kier molecular flexibility index (Phi) is 4.43. The lowest BCUT2D eigenvalue weighted by Gasteiger charge is -2.22. The number of nitrogen functional groups attached to an aromatic ring is 1. The molecule has 0 spiro atoms. The summed E-state index contributed by atoms with van der Waals surface area (Å²) in [5.41, 5.74) is 7.06. The number of aryl methyl sites for hydroxylation is 1. The first kappa shape index (κ1) is 18.3. The van der Waals surface area contributed by atoms with Crippen LogP contribution in [0.3, 0.4) is 0 Å². The van der Waals surface area contributed by atoms with Crippen molar-refractivity contribution in [1.29, 1.82) is 0 Å². The molecule has 0 bridgehead atoms. The van der Waals surface area contributed by atoms with E-state index in [4.69, 9.17) is 5.73 Å². The van der Waals surface area contributed by atoms with E-state index in [0.29, 0.717) is 47.0 Å². The fraction of sp³-hybridized carbons (Fsp3) is 0.300. The van der Waals surface area contributed by atoms with Crippen LogP contribution in [0.1, 0.15) is 17.8 Å². The van der Waals surface area contributed by atoms with Crippen molar-refractivity contribution >= 4 is 16.9 Å². The van der Waals surface area contributed by atoms with Gasteiger partial charge in [-0.25, -0.2) is 19.9 Å². The van der Waals surface area contributed by atoms with E-state index in [1.807, 2.05) is 24.3 Å². The van der Waals surface area contributed by atoms with Gasteiger partial charge in [0.2, 0.25) is 0 Å². The topological polar surface area (TPSA) is 121 Å². The molecule has 1 aliphatic heterocycles. The summed E-state index contributed by atoms with van der Waals surface area (Å²) in [6.45, 7) is 2.35. The van der Waals surface area contributed by atoms with Gasteiger partial charge in [-0.05, 0) is 26.1 Å². The molecule has 142 valence electrons. The normalized spacial score (nSPS) is 22.2. The minimum absolute atomic E-state index is 0.309. The van der Waals surface area contributed by atoms with Crippen LogP contribution in [-0.2, 0) is 0 Å². The molecule has 8 nitrogen and oxygen atoms in total. The highest BCUT2D eigenvalue weighted by Gasteiger charge is 2.42. The third kappa shape index (κ3) is 3.27. The number of aliphatic hydroxyl groups excluding tert-OH is 1. The van der Waals surface area contributed by atoms with Gasteiger partial charge in [0.05, 0.1) is 6.20 Å². The number of likely N-dealkylation sites (tertiary alicyclic amines) is 1. The summed E-state index contributed by atoms with van der Waals surface area (Å²) in [6, 6.07) is 7.36. The lowest BCUT2D eigenvalue weighted by Crippen LogP contribution is -2.42. The quantitative estimate of drug-likeness (QED) is 0.531. The molecule has 0 amide bonds. The average Bonchev–Trinajstić information content (AvgIpc) is 2.94. The highest BCUT2D eigenvalue weighted by molar-refractivity contribution is 5.84. The van der Waals surface area contributed by atoms with E-state index in [1.54, 1.807) is 25.1 Å². The Balaban J connectivity index is 1.69. The molecule has 1 unspecified atom stereocenters. The van der Waals surface area contributed by atoms with Gasteiger partial charge in [-0.15, -0.1) is 0 Å². The van der Waals surface area contributed by atoms with Gasteiger partial charge in [0.1, 0.15) is 23.1 Å². The van der Waals surface area contributed by atoms with Crippen molar-refractivity contribution in [3.8, 4) is 23.2 Å². The van der Waals surface area contributed by atoms with Gasteiger partial charge in [0.15, 0.2) is 17.2 Å². The zero-order valence-electron chi connectivity index (χ0n) is 15.6. The van der Waals surface area contributed by atoms with Crippen LogP contribution in [0, 0.1) is 18.8 Å².